The van der Waals surface area contributed by atoms with Crippen LogP contribution in [0.2, 0.25) is 0 Å². The highest BCUT2D eigenvalue weighted by Crippen LogP contribution is 2.23. The van der Waals surface area contributed by atoms with Crippen LogP contribution in [0.5, 0.6) is 0 Å². The Morgan fingerprint density at radius 1 is 1.09 bits per heavy atom. The Labute approximate surface area is 189 Å². The minimum atomic E-state index is -3.79. The molecule has 0 bridgehead atoms. The van der Waals surface area contributed by atoms with Gasteiger partial charge in [0.05, 0.1) is 35.4 Å². The van der Waals surface area contributed by atoms with Gasteiger partial charge in [-0.15, -0.1) is 0 Å². The molecule has 0 spiro atoms. The standard InChI is InChI=1S/C21H23N5O6S/c1-13-4-5-14(10-17(13)33(30,31)26-6-8-32-9-7-26)19(27)23-15-11-16-18(22-12-15)24(2)21(29)25(3)20(16)28/h4-5,10-12H,6-9H2,1-3H3,(H,23,27). The van der Waals surface area contributed by atoms with Crippen LogP contribution in [0.25, 0.3) is 11.0 Å². The number of amides is 1. The zero-order valence-electron chi connectivity index (χ0n) is 18.4. The highest BCUT2D eigenvalue weighted by atomic mass is 32.2. The van der Waals surface area contributed by atoms with E-state index in [-0.39, 0.29) is 40.3 Å². The lowest BCUT2D eigenvalue weighted by molar-refractivity contribution is 0.0730. The molecular weight excluding hydrogens is 450 g/mol. The van der Waals surface area contributed by atoms with Crippen molar-refractivity contribution in [3.05, 3.63) is 62.4 Å². The van der Waals surface area contributed by atoms with E-state index in [0.717, 1.165) is 4.57 Å². The number of anilines is 1. The van der Waals surface area contributed by atoms with Gasteiger partial charge in [-0.25, -0.2) is 18.2 Å². The van der Waals surface area contributed by atoms with Gasteiger partial charge in [0.15, 0.2) is 0 Å². The number of carbonyl (C=O) groups is 1. The summed E-state index contributed by atoms with van der Waals surface area (Å²) in [5.41, 5.74) is 0.0452. The molecule has 33 heavy (non-hydrogen) atoms. The Morgan fingerprint density at radius 2 is 1.79 bits per heavy atom. The van der Waals surface area contributed by atoms with E-state index in [9.17, 15) is 22.8 Å². The minimum absolute atomic E-state index is 0.0533. The van der Waals surface area contributed by atoms with Crippen LogP contribution in [-0.2, 0) is 28.9 Å². The average Bonchev–Trinajstić information content (AvgIpc) is 2.82. The van der Waals surface area contributed by atoms with Crippen molar-refractivity contribution in [3.63, 3.8) is 0 Å². The molecule has 12 heteroatoms. The first-order valence-corrected chi connectivity index (χ1v) is 11.6. The van der Waals surface area contributed by atoms with E-state index in [1.54, 1.807) is 13.0 Å². The summed E-state index contributed by atoms with van der Waals surface area (Å²) in [5, 5.41) is 2.81. The van der Waals surface area contributed by atoms with Crippen LogP contribution >= 0.6 is 0 Å². The molecule has 1 amide bonds. The highest BCUT2D eigenvalue weighted by Gasteiger charge is 2.28. The number of benzene rings is 1. The van der Waals surface area contributed by atoms with Crippen molar-refractivity contribution >= 4 is 32.7 Å². The van der Waals surface area contributed by atoms with Gasteiger partial charge in [-0.2, -0.15) is 4.31 Å². The third-order valence-electron chi connectivity index (χ3n) is 5.59. The fourth-order valence-corrected chi connectivity index (χ4v) is 5.34. The predicted octanol–water partition coefficient (Wildman–Crippen LogP) is 0.214. The third-order valence-corrected chi connectivity index (χ3v) is 7.63. The summed E-state index contributed by atoms with van der Waals surface area (Å²) in [6, 6.07) is 5.88. The Balaban J connectivity index is 1.67. The van der Waals surface area contributed by atoms with Crippen molar-refractivity contribution in [3.8, 4) is 0 Å². The van der Waals surface area contributed by atoms with Crippen molar-refractivity contribution in [2.45, 2.75) is 11.8 Å². The second-order valence-corrected chi connectivity index (χ2v) is 9.66. The van der Waals surface area contributed by atoms with Gasteiger partial charge in [0, 0.05) is 32.7 Å². The van der Waals surface area contributed by atoms with Gasteiger partial charge in [0.2, 0.25) is 10.0 Å². The normalized spacial score (nSPS) is 15.0. The van der Waals surface area contributed by atoms with E-state index in [1.165, 1.54) is 47.4 Å². The van der Waals surface area contributed by atoms with Gasteiger partial charge >= 0.3 is 5.69 Å². The molecule has 3 heterocycles. The van der Waals surface area contributed by atoms with Crippen molar-refractivity contribution in [1.29, 1.82) is 0 Å². The van der Waals surface area contributed by atoms with E-state index < -0.39 is 27.2 Å². The van der Waals surface area contributed by atoms with E-state index >= 15 is 0 Å². The summed E-state index contributed by atoms with van der Waals surface area (Å²) in [6.45, 7) is 2.80. The Bertz CT molecular complexity index is 1490. The molecule has 1 saturated heterocycles. The van der Waals surface area contributed by atoms with Crippen molar-refractivity contribution in [2.24, 2.45) is 14.1 Å². The first kappa shape index (κ1) is 22.8. The molecule has 0 aliphatic carbocycles. The molecule has 1 aromatic carbocycles. The fraction of sp³-hybridized carbons (Fsp3) is 0.333. The van der Waals surface area contributed by atoms with Crippen molar-refractivity contribution < 1.29 is 17.9 Å². The van der Waals surface area contributed by atoms with Gasteiger partial charge < -0.3 is 10.1 Å². The first-order valence-electron chi connectivity index (χ1n) is 10.2. The molecule has 4 rings (SSSR count). The molecule has 0 unspecified atom stereocenters. The number of nitrogens with zero attached hydrogens (tertiary/aromatic N) is 4. The molecule has 1 aliphatic heterocycles. The van der Waals surface area contributed by atoms with Gasteiger partial charge in [0.25, 0.3) is 11.5 Å². The van der Waals surface area contributed by atoms with Crippen molar-refractivity contribution in [2.75, 3.05) is 31.6 Å². The van der Waals surface area contributed by atoms with E-state index in [1.807, 2.05) is 0 Å². The lowest BCUT2D eigenvalue weighted by atomic mass is 10.1. The maximum atomic E-state index is 13.1. The maximum Gasteiger partial charge on any atom is 0.332 e. The molecule has 1 N–H and O–H groups in total. The van der Waals surface area contributed by atoms with Crippen LogP contribution in [0.15, 0.2) is 44.9 Å². The van der Waals surface area contributed by atoms with Gasteiger partial charge in [-0.05, 0) is 30.7 Å². The summed E-state index contributed by atoms with van der Waals surface area (Å²) in [4.78, 5) is 41.6. The number of morpholine rings is 1. The second-order valence-electron chi connectivity index (χ2n) is 7.75. The lowest BCUT2D eigenvalue weighted by Gasteiger charge is -2.26. The molecule has 0 atom stereocenters. The van der Waals surface area contributed by atoms with Crippen LogP contribution in [0, 0.1) is 6.92 Å². The molecule has 0 saturated carbocycles. The summed E-state index contributed by atoms with van der Waals surface area (Å²) in [6.07, 6.45) is 1.33. The third kappa shape index (κ3) is 4.08. The van der Waals surface area contributed by atoms with Gasteiger partial charge in [-0.1, -0.05) is 6.07 Å². The van der Waals surface area contributed by atoms with Crippen molar-refractivity contribution in [1.82, 2.24) is 18.4 Å². The monoisotopic (exact) mass is 473 g/mol. The van der Waals surface area contributed by atoms with Crippen LogP contribution in [0.1, 0.15) is 15.9 Å². The number of hydrogen-bond acceptors (Lipinski definition) is 7. The minimum Gasteiger partial charge on any atom is -0.379 e. The fourth-order valence-electron chi connectivity index (χ4n) is 3.68. The zero-order valence-corrected chi connectivity index (χ0v) is 19.2. The lowest BCUT2D eigenvalue weighted by Crippen LogP contribution is -2.40. The van der Waals surface area contributed by atoms with Crippen LogP contribution in [0.4, 0.5) is 5.69 Å². The van der Waals surface area contributed by atoms with E-state index in [0.29, 0.717) is 18.8 Å². The quantitative estimate of drug-likeness (QED) is 0.573. The molecule has 2 aromatic heterocycles. The number of carbonyl (C=O) groups excluding carboxylic acids is 1. The average molecular weight is 474 g/mol. The van der Waals surface area contributed by atoms with E-state index in [2.05, 4.69) is 10.3 Å². The Kier molecular flexibility index (Phi) is 5.91. The predicted molar refractivity (Wildman–Crippen MR) is 121 cm³/mol. The Morgan fingerprint density at radius 3 is 2.48 bits per heavy atom. The smallest absolute Gasteiger partial charge is 0.332 e. The maximum absolute atomic E-state index is 13.1. The van der Waals surface area contributed by atoms with Crippen LogP contribution in [0.3, 0.4) is 0 Å². The number of fused-ring (bicyclic) bond motifs is 1. The number of aromatic nitrogens is 3. The number of pyridine rings is 1. The van der Waals surface area contributed by atoms with E-state index in [4.69, 9.17) is 4.74 Å². The first-order chi connectivity index (χ1) is 15.6. The molecular formula is C21H23N5O6S. The number of nitrogens with one attached hydrogen (secondary N) is 1. The van der Waals surface area contributed by atoms with Gasteiger partial charge in [0.1, 0.15) is 5.65 Å². The molecule has 11 nitrogen and oxygen atoms in total. The van der Waals surface area contributed by atoms with Gasteiger partial charge in [-0.3, -0.25) is 18.7 Å². The topological polar surface area (TPSA) is 133 Å². The molecule has 1 aliphatic rings. The Hall–Kier alpha value is -3.35. The number of ether oxygens (including phenoxy) is 1. The summed E-state index contributed by atoms with van der Waals surface area (Å²) in [5.74, 6) is -0.559. The highest BCUT2D eigenvalue weighted by molar-refractivity contribution is 7.89. The second kappa shape index (κ2) is 8.54. The van der Waals surface area contributed by atoms with Crippen LogP contribution < -0.4 is 16.6 Å². The summed E-state index contributed by atoms with van der Waals surface area (Å²) in [7, 11) is -0.928. The summed E-state index contributed by atoms with van der Waals surface area (Å²) < 4.78 is 34.9. The number of sulfonamides is 1. The molecule has 1 fully saturated rings. The molecule has 3 aromatic rings. The summed E-state index contributed by atoms with van der Waals surface area (Å²) >= 11 is 0. The number of hydrogen-bond donors (Lipinski definition) is 1. The largest absolute Gasteiger partial charge is 0.379 e. The van der Waals surface area contributed by atoms with Crippen LogP contribution in [-0.4, -0.2) is 59.1 Å². The molecule has 0 radical (unpaired) electrons. The molecule has 174 valence electrons. The zero-order chi connectivity index (χ0) is 23.9. The number of aryl methyl sites for hydroxylation is 2. The number of rotatable bonds is 4. The SMILES string of the molecule is Cc1ccc(C(=O)Nc2cnc3c(c2)c(=O)n(C)c(=O)n3C)cc1S(=O)(=O)N1CCOCC1.